The predicted molar refractivity (Wildman–Crippen MR) is 113 cm³/mol. The van der Waals surface area contributed by atoms with Gasteiger partial charge in [-0.3, -0.25) is 4.79 Å². The number of hydrogen-bond donors (Lipinski definition) is 1. The molecule has 9 heteroatoms. The molecule has 0 unspecified atom stereocenters. The third-order valence-corrected chi connectivity index (χ3v) is 5.19. The zero-order valence-electron chi connectivity index (χ0n) is 15.3. The van der Waals surface area contributed by atoms with Crippen LogP contribution in [0.25, 0.3) is 11.4 Å². The van der Waals surface area contributed by atoms with Crippen molar-refractivity contribution in [3.8, 4) is 17.1 Å². The lowest BCUT2D eigenvalue weighted by Gasteiger charge is -2.07. The summed E-state index contributed by atoms with van der Waals surface area (Å²) in [5, 5.41) is 12.7. The fourth-order valence-electron chi connectivity index (χ4n) is 2.51. The van der Waals surface area contributed by atoms with Crippen molar-refractivity contribution in [3.05, 3.63) is 52.5 Å². The Hall–Kier alpha value is -2.22. The van der Waals surface area contributed by atoms with Crippen LogP contribution in [0, 0.1) is 0 Å². The maximum Gasteiger partial charge on any atom is 0.234 e. The molecule has 1 N–H and O–H groups in total. The van der Waals surface area contributed by atoms with Gasteiger partial charge < -0.3 is 14.6 Å². The molecule has 0 bridgehead atoms. The quantitative estimate of drug-likeness (QED) is 0.532. The van der Waals surface area contributed by atoms with E-state index in [4.69, 9.17) is 27.9 Å². The Balaban J connectivity index is 1.63. The highest BCUT2D eigenvalue weighted by molar-refractivity contribution is 7.99. The Labute approximate surface area is 177 Å². The largest absolute Gasteiger partial charge is 0.494 e. The maximum absolute atomic E-state index is 12.2. The van der Waals surface area contributed by atoms with Crippen LogP contribution in [-0.4, -0.2) is 33.0 Å². The fraction of sp³-hybridized carbons (Fsp3) is 0.211. The molecule has 1 amide bonds. The van der Waals surface area contributed by atoms with Crippen molar-refractivity contribution in [1.29, 1.82) is 0 Å². The molecule has 0 aliphatic heterocycles. The number of hydrogen-bond acceptors (Lipinski definition) is 5. The molecule has 0 spiro atoms. The summed E-state index contributed by atoms with van der Waals surface area (Å²) in [6.45, 7) is 2.56. The Bertz CT molecular complexity index is 956. The monoisotopic (exact) mass is 436 g/mol. The van der Waals surface area contributed by atoms with Crippen molar-refractivity contribution >= 4 is 46.6 Å². The van der Waals surface area contributed by atoms with Gasteiger partial charge >= 0.3 is 0 Å². The van der Waals surface area contributed by atoms with Gasteiger partial charge in [0.15, 0.2) is 11.0 Å². The fourth-order valence-corrected chi connectivity index (χ4v) is 3.75. The minimum atomic E-state index is -0.186. The minimum absolute atomic E-state index is 0.180. The van der Waals surface area contributed by atoms with E-state index < -0.39 is 0 Å². The van der Waals surface area contributed by atoms with Gasteiger partial charge in [0.2, 0.25) is 5.91 Å². The standard InChI is InChI=1S/C19H18Cl2N4O2S/c1-3-27-16-6-4-12(5-7-16)18-23-24-19(25(18)2)28-11-17(26)22-15-9-13(20)8-14(21)10-15/h4-10H,3,11H2,1-2H3,(H,22,26). The molecule has 0 saturated carbocycles. The van der Waals surface area contributed by atoms with Gasteiger partial charge in [0.25, 0.3) is 0 Å². The Morgan fingerprint density at radius 3 is 2.46 bits per heavy atom. The summed E-state index contributed by atoms with van der Waals surface area (Å²) in [7, 11) is 1.86. The number of carbonyl (C=O) groups excluding carboxylic acids is 1. The molecule has 28 heavy (non-hydrogen) atoms. The lowest BCUT2D eigenvalue weighted by atomic mass is 10.2. The van der Waals surface area contributed by atoms with Crippen LogP contribution >= 0.6 is 35.0 Å². The van der Waals surface area contributed by atoms with Crippen molar-refractivity contribution < 1.29 is 9.53 Å². The van der Waals surface area contributed by atoms with Crippen LogP contribution in [-0.2, 0) is 11.8 Å². The highest BCUT2D eigenvalue weighted by atomic mass is 35.5. The Kier molecular flexibility index (Phi) is 6.83. The molecule has 3 aromatic rings. The lowest BCUT2D eigenvalue weighted by Crippen LogP contribution is -2.14. The van der Waals surface area contributed by atoms with E-state index in [9.17, 15) is 4.79 Å². The second kappa shape index (κ2) is 9.32. The molecule has 0 atom stereocenters. The van der Waals surface area contributed by atoms with Crippen LogP contribution < -0.4 is 10.1 Å². The normalized spacial score (nSPS) is 10.7. The number of thioether (sulfide) groups is 1. The summed E-state index contributed by atoms with van der Waals surface area (Å²) in [5.74, 6) is 1.52. The van der Waals surface area contributed by atoms with Gasteiger partial charge in [-0.05, 0) is 49.4 Å². The number of amides is 1. The molecule has 3 rings (SSSR count). The van der Waals surface area contributed by atoms with E-state index in [1.165, 1.54) is 11.8 Å². The first kappa shape index (κ1) is 20.5. The number of rotatable bonds is 7. The van der Waals surface area contributed by atoms with Gasteiger partial charge in [-0.1, -0.05) is 35.0 Å². The molecule has 2 aromatic carbocycles. The van der Waals surface area contributed by atoms with E-state index in [1.54, 1.807) is 18.2 Å². The highest BCUT2D eigenvalue weighted by Gasteiger charge is 2.13. The van der Waals surface area contributed by atoms with E-state index in [0.29, 0.717) is 33.3 Å². The smallest absolute Gasteiger partial charge is 0.234 e. The second-order valence-corrected chi connectivity index (χ2v) is 7.63. The van der Waals surface area contributed by atoms with Crippen LogP contribution in [0.4, 0.5) is 5.69 Å². The molecule has 0 aliphatic carbocycles. The van der Waals surface area contributed by atoms with Crippen LogP contribution in [0.1, 0.15) is 6.92 Å². The molecule has 0 aliphatic rings. The Morgan fingerprint density at radius 2 is 1.82 bits per heavy atom. The molecule has 1 heterocycles. The highest BCUT2D eigenvalue weighted by Crippen LogP contribution is 2.25. The summed E-state index contributed by atoms with van der Waals surface area (Å²) < 4.78 is 7.30. The van der Waals surface area contributed by atoms with Gasteiger partial charge in [-0.15, -0.1) is 10.2 Å². The molecule has 146 valence electrons. The molecule has 0 fully saturated rings. The number of carbonyl (C=O) groups is 1. The zero-order chi connectivity index (χ0) is 20.1. The van der Waals surface area contributed by atoms with Crippen molar-refractivity contribution in [2.45, 2.75) is 12.1 Å². The van der Waals surface area contributed by atoms with Gasteiger partial charge in [-0.2, -0.15) is 0 Å². The molecule has 1 aromatic heterocycles. The number of benzene rings is 2. The first-order valence-corrected chi connectivity index (χ1v) is 10.2. The average Bonchev–Trinajstić information content (AvgIpc) is 3.01. The third-order valence-electron chi connectivity index (χ3n) is 3.74. The van der Waals surface area contributed by atoms with Gasteiger partial charge in [0, 0.05) is 28.3 Å². The van der Waals surface area contributed by atoms with Gasteiger partial charge in [0.1, 0.15) is 5.75 Å². The van der Waals surface area contributed by atoms with E-state index >= 15 is 0 Å². The summed E-state index contributed by atoms with van der Waals surface area (Å²) in [6, 6.07) is 12.5. The van der Waals surface area contributed by atoms with Crippen LogP contribution in [0.3, 0.4) is 0 Å². The van der Waals surface area contributed by atoms with Crippen molar-refractivity contribution in [2.24, 2.45) is 7.05 Å². The lowest BCUT2D eigenvalue weighted by molar-refractivity contribution is -0.113. The number of halogens is 2. The molecular formula is C19H18Cl2N4O2S. The number of nitrogens with one attached hydrogen (secondary N) is 1. The zero-order valence-corrected chi connectivity index (χ0v) is 17.6. The molecule has 6 nitrogen and oxygen atoms in total. The summed E-state index contributed by atoms with van der Waals surface area (Å²) in [6.07, 6.45) is 0. The van der Waals surface area contributed by atoms with E-state index in [1.807, 2.05) is 42.8 Å². The van der Waals surface area contributed by atoms with Gasteiger partial charge in [-0.25, -0.2) is 0 Å². The summed E-state index contributed by atoms with van der Waals surface area (Å²) in [4.78, 5) is 12.2. The Morgan fingerprint density at radius 1 is 1.14 bits per heavy atom. The van der Waals surface area contributed by atoms with Gasteiger partial charge in [0.05, 0.1) is 12.4 Å². The number of nitrogens with zero attached hydrogens (tertiary/aromatic N) is 3. The van der Waals surface area contributed by atoms with E-state index in [0.717, 1.165) is 11.3 Å². The van der Waals surface area contributed by atoms with Crippen molar-refractivity contribution in [3.63, 3.8) is 0 Å². The SMILES string of the molecule is CCOc1ccc(-c2nnc(SCC(=O)Nc3cc(Cl)cc(Cl)c3)n2C)cc1. The number of anilines is 1. The topological polar surface area (TPSA) is 69.0 Å². The van der Waals surface area contributed by atoms with E-state index in [-0.39, 0.29) is 11.7 Å². The van der Waals surface area contributed by atoms with Crippen molar-refractivity contribution in [2.75, 3.05) is 17.7 Å². The average molecular weight is 437 g/mol. The van der Waals surface area contributed by atoms with E-state index in [2.05, 4.69) is 15.5 Å². The predicted octanol–water partition coefficient (Wildman–Crippen LogP) is 4.92. The third kappa shape index (κ3) is 5.19. The first-order chi connectivity index (χ1) is 13.5. The molecular weight excluding hydrogens is 419 g/mol. The minimum Gasteiger partial charge on any atom is -0.494 e. The number of ether oxygens (including phenoxy) is 1. The van der Waals surface area contributed by atoms with Crippen LogP contribution in [0.15, 0.2) is 47.6 Å². The first-order valence-electron chi connectivity index (χ1n) is 8.47. The summed E-state index contributed by atoms with van der Waals surface area (Å²) >= 11 is 13.2. The molecule has 0 radical (unpaired) electrons. The molecule has 0 saturated heterocycles. The van der Waals surface area contributed by atoms with Crippen LogP contribution in [0.2, 0.25) is 10.0 Å². The maximum atomic E-state index is 12.2. The summed E-state index contributed by atoms with van der Waals surface area (Å²) in [5.41, 5.74) is 1.47. The second-order valence-electron chi connectivity index (χ2n) is 5.82. The number of aromatic nitrogens is 3. The van der Waals surface area contributed by atoms with Crippen molar-refractivity contribution in [1.82, 2.24) is 14.8 Å². The van der Waals surface area contributed by atoms with Crippen LogP contribution in [0.5, 0.6) is 5.75 Å².